The van der Waals surface area contributed by atoms with Crippen molar-refractivity contribution in [2.24, 2.45) is 0 Å². The van der Waals surface area contributed by atoms with Gasteiger partial charge >= 0.3 is 0 Å². The molecule has 0 radical (unpaired) electrons. The van der Waals surface area contributed by atoms with Gasteiger partial charge in [0.2, 0.25) is 11.9 Å². The number of hydrogen-bond acceptors (Lipinski definition) is 6. The van der Waals surface area contributed by atoms with Crippen molar-refractivity contribution in [1.29, 1.82) is 0 Å². The van der Waals surface area contributed by atoms with Crippen LogP contribution in [0, 0.1) is 5.82 Å². The number of halogens is 1. The van der Waals surface area contributed by atoms with Crippen molar-refractivity contribution < 1.29 is 18.0 Å². The number of aromatic nitrogens is 2. The summed E-state index contributed by atoms with van der Waals surface area (Å²) in [5, 5.41) is 8.35. The van der Waals surface area contributed by atoms with Gasteiger partial charge in [-0.05, 0) is 48.5 Å². The minimum Gasteiger partial charge on any atom is -0.497 e. The fraction of sp³-hybridized carbons (Fsp3) is 0.0500. The van der Waals surface area contributed by atoms with E-state index in [9.17, 15) is 9.18 Å². The molecular formula is C20H18FN5O2. The largest absolute Gasteiger partial charge is 0.497 e. The van der Waals surface area contributed by atoms with Crippen molar-refractivity contribution in [2.45, 2.75) is 0 Å². The quantitative estimate of drug-likeness (QED) is 0.530. The molecule has 0 bridgehead atoms. The summed E-state index contributed by atoms with van der Waals surface area (Å²) in [6.07, 6.45) is 2.15. The van der Waals surface area contributed by atoms with E-state index in [0.29, 0.717) is 17.1 Å². The van der Waals surface area contributed by atoms with Gasteiger partial charge in [0.25, 0.3) is 0 Å². The number of anilines is 5. The molecule has 0 saturated carbocycles. The van der Waals surface area contributed by atoms with Crippen LogP contribution in [0.3, 0.4) is 0 Å². The number of methoxy groups -OCH3 is 1. The first-order valence-electron chi connectivity index (χ1n) is 9.61. The highest BCUT2D eigenvalue weighted by Crippen LogP contribution is 2.23. The van der Waals surface area contributed by atoms with Gasteiger partial charge in [0.15, 0.2) is 11.6 Å². The van der Waals surface area contributed by atoms with Crippen LogP contribution in [0.25, 0.3) is 0 Å². The number of amides is 1. The molecule has 3 N–H and O–H groups in total. The second-order valence-electron chi connectivity index (χ2n) is 5.54. The lowest BCUT2D eigenvalue weighted by molar-refractivity contribution is -0.111. The molecule has 7 nitrogen and oxygen atoms in total. The third kappa shape index (κ3) is 4.82. The van der Waals surface area contributed by atoms with Gasteiger partial charge in [-0.2, -0.15) is 4.98 Å². The maximum Gasteiger partial charge on any atom is 0.247 e. The fourth-order valence-electron chi connectivity index (χ4n) is 2.26. The van der Waals surface area contributed by atoms with Crippen molar-refractivity contribution in [3.63, 3.8) is 0 Å². The summed E-state index contributed by atoms with van der Waals surface area (Å²) in [6.45, 7) is 3.39. The van der Waals surface area contributed by atoms with Gasteiger partial charge in [0, 0.05) is 17.1 Å². The van der Waals surface area contributed by atoms with Crippen molar-refractivity contribution in [3.05, 3.63) is 73.2 Å². The van der Waals surface area contributed by atoms with E-state index in [4.69, 9.17) is 8.85 Å². The van der Waals surface area contributed by atoms with E-state index in [0.717, 1.165) is 12.3 Å². The van der Waals surface area contributed by atoms with Gasteiger partial charge in [0.05, 0.1) is 17.3 Å². The Balaban J connectivity index is 1.73. The van der Waals surface area contributed by atoms with Crippen molar-refractivity contribution >= 4 is 34.7 Å². The Morgan fingerprint density at radius 3 is 2.71 bits per heavy atom. The molecule has 0 saturated heterocycles. The minimum atomic E-state index is -2.54. The Hall–Kier alpha value is -3.94. The summed E-state index contributed by atoms with van der Waals surface area (Å²) in [4.78, 5) is 19.5. The molecule has 1 aromatic heterocycles. The standard InChI is InChI=1S/C20H18FN5O2/c1-3-18(27)23-14-5-4-6-15(11-14)24-19-17(21)12-22-20(26-19)25-13-7-9-16(28-2)10-8-13/h3-12H,1H2,2H3,(H,23,27)(H2,22,24,25,26)/i2D3. The third-order valence-electron chi connectivity index (χ3n) is 3.55. The van der Waals surface area contributed by atoms with Gasteiger partial charge in [-0.15, -0.1) is 0 Å². The number of hydrogen-bond donors (Lipinski definition) is 3. The molecule has 2 aromatic carbocycles. The number of carbonyl (C=O) groups excluding carboxylic acids is 1. The Bertz CT molecular complexity index is 1090. The van der Waals surface area contributed by atoms with Crippen molar-refractivity contribution in [1.82, 2.24) is 9.97 Å². The number of rotatable bonds is 7. The SMILES string of the molecule is [2H]C([2H])([2H])Oc1ccc(Nc2ncc(F)c(Nc3cccc(NC(=O)C=C)c3)n2)cc1. The Morgan fingerprint density at radius 1 is 1.18 bits per heavy atom. The van der Waals surface area contributed by atoms with Gasteiger partial charge < -0.3 is 20.7 Å². The first-order valence-corrected chi connectivity index (χ1v) is 8.11. The summed E-state index contributed by atoms with van der Waals surface area (Å²) in [5.41, 5.74) is 1.54. The van der Waals surface area contributed by atoms with Gasteiger partial charge in [-0.25, -0.2) is 9.37 Å². The molecular weight excluding hydrogens is 361 g/mol. The molecule has 0 fully saturated rings. The van der Waals surface area contributed by atoms with Crippen LogP contribution >= 0.6 is 0 Å². The van der Waals surface area contributed by atoms with Crippen molar-refractivity contribution in [3.8, 4) is 5.75 Å². The zero-order valence-electron chi connectivity index (χ0n) is 17.6. The molecule has 3 rings (SSSR count). The number of ether oxygens (including phenoxy) is 1. The van der Waals surface area contributed by atoms with E-state index in [-0.39, 0.29) is 23.4 Å². The van der Waals surface area contributed by atoms with Crippen LogP contribution in [0.2, 0.25) is 0 Å². The van der Waals surface area contributed by atoms with E-state index < -0.39 is 12.9 Å². The summed E-state index contributed by atoms with van der Waals surface area (Å²) in [6, 6.07) is 12.7. The Kier molecular flexibility index (Phi) is 4.67. The van der Waals surface area contributed by atoms with Crippen LogP contribution in [-0.4, -0.2) is 22.9 Å². The molecule has 0 unspecified atom stereocenters. The molecule has 0 aliphatic carbocycles. The summed E-state index contributed by atoms with van der Waals surface area (Å²) < 4.78 is 40.3. The first-order chi connectivity index (χ1) is 14.7. The number of nitrogens with one attached hydrogen (secondary N) is 3. The van der Waals surface area contributed by atoms with Crippen LogP contribution in [0.4, 0.5) is 33.2 Å². The molecule has 0 aliphatic rings. The molecule has 28 heavy (non-hydrogen) atoms. The molecule has 1 heterocycles. The number of nitrogens with zero attached hydrogens (tertiary/aromatic N) is 2. The molecule has 0 spiro atoms. The second-order valence-corrected chi connectivity index (χ2v) is 5.54. The maximum atomic E-state index is 14.2. The van der Waals surface area contributed by atoms with Crippen LogP contribution < -0.4 is 20.7 Å². The minimum absolute atomic E-state index is 0.0768. The highest BCUT2D eigenvalue weighted by molar-refractivity contribution is 5.99. The Labute approximate surface area is 165 Å². The van der Waals surface area contributed by atoms with Crippen LogP contribution in [-0.2, 0) is 4.79 Å². The van der Waals surface area contributed by atoms with Gasteiger partial charge in [-0.1, -0.05) is 12.6 Å². The maximum absolute atomic E-state index is 14.2. The highest BCUT2D eigenvalue weighted by Gasteiger charge is 2.09. The van der Waals surface area contributed by atoms with Crippen LogP contribution in [0.1, 0.15) is 4.11 Å². The lowest BCUT2D eigenvalue weighted by Crippen LogP contribution is -2.07. The molecule has 142 valence electrons. The van der Waals surface area contributed by atoms with Crippen LogP contribution in [0.15, 0.2) is 67.4 Å². The topological polar surface area (TPSA) is 88.2 Å². The Morgan fingerprint density at radius 2 is 1.96 bits per heavy atom. The highest BCUT2D eigenvalue weighted by atomic mass is 19.1. The average Bonchev–Trinajstić information content (AvgIpc) is 2.71. The van der Waals surface area contributed by atoms with E-state index in [1.807, 2.05) is 0 Å². The third-order valence-corrected chi connectivity index (χ3v) is 3.55. The molecule has 1 amide bonds. The molecule has 0 atom stereocenters. The van der Waals surface area contributed by atoms with Crippen molar-refractivity contribution in [2.75, 3.05) is 23.0 Å². The molecule has 8 heteroatoms. The fourth-order valence-corrected chi connectivity index (χ4v) is 2.26. The monoisotopic (exact) mass is 382 g/mol. The molecule has 3 aromatic rings. The zero-order chi connectivity index (χ0) is 22.4. The lowest BCUT2D eigenvalue weighted by Gasteiger charge is -2.11. The summed E-state index contributed by atoms with van der Waals surface area (Å²) in [5.74, 6) is -0.826. The van der Waals surface area contributed by atoms with E-state index >= 15 is 0 Å². The van der Waals surface area contributed by atoms with Gasteiger partial charge in [0.1, 0.15) is 5.75 Å². The lowest BCUT2D eigenvalue weighted by atomic mass is 10.2. The number of carbonyl (C=O) groups is 1. The first kappa shape index (κ1) is 15.2. The summed E-state index contributed by atoms with van der Waals surface area (Å²) >= 11 is 0. The van der Waals surface area contributed by atoms with Crippen LogP contribution in [0.5, 0.6) is 5.75 Å². The predicted octanol–water partition coefficient (Wildman–Crippen LogP) is 4.24. The normalized spacial score (nSPS) is 12.1. The predicted molar refractivity (Wildman–Crippen MR) is 107 cm³/mol. The smallest absolute Gasteiger partial charge is 0.247 e. The van der Waals surface area contributed by atoms with E-state index in [1.165, 1.54) is 12.1 Å². The number of benzene rings is 2. The molecule has 0 aliphatic heterocycles. The zero-order valence-corrected chi connectivity index (χ0v) is 14.6. The van der Waals surface area contributed by atoms with Gasteiger partial charge in [-0.3, -0.25) is 4.79 Å². The second kappa shape index (κ2) is 8.63. The average molecular weight is 382 g/mol. The summed E-state index contributed by atoms with van der Waals surface area (Å²) in [7, 11) is -2.54. The van der Waals surface area contributed by atoms with E-state index in [2.05, 4.69) is 32.5 Å². The van der Waals surface area contributed by atoms with E-state index in [1.54, 1.807) is 36.4 Å².